The van der Waals surface area contributed by atoms with Crippen molar-refractivity contribution in [1.82, 2.24) is 38.7 Å². The molecule has 58 heavy (non-hydrogen) atoms. The van der Waals surface area contributed by atoms with Crippen LogP contribution < -0.4 is 26.8 Å². The normalized spacial score (nSPS) is 11.2. The number of hydrogen-bond donors (Lipinski definition) is 4. The van der Waals surface area contributed by atoms with E-state index >= 15 is 0 Å². The zero-order valence-electron chi connectivity index (χ0n) is 33.2. The maximum Gasteiger partial charge on any atom is 0.276 e. The predicted octanol–water partition coefficient (Wildman–Crippen LogP) is 4.86. The van der Waals surface area contributed by atoms with Gasteiger partial charge in [0, 0.05) is 61.9 Å². The first-order valence-corrected chi connectivity index (χ1v) is 19.3. The zero-order chi connectivity index (χ0) is 42.1. The first kappa shape index (κ1) is 43.0. The van der Waals surface area contributed by atoms with Crippen molar-refractivity contribution in [3.8, 4) is 5.75 Å². The lowest BCUT2D eigenvalue weighted by Crippen LogP contribution is -2.20. The topological polar surface area (TPSA) is 234 Å². The number of benzene rings is 2. The number of rotatable bonds is 17. The summed E-state index contributed by atoms with van der Waals surface area (Å²) in [7, 11) is 3.10. The molecule has 0 saturated carbocycles. The van der Waals surface area contributed by atoms with Gasteiger partial charge in [0.2, 0.25) is 17.8 Å². The number of nitrogens with two attached hydrogens (primary N) is 2. The number of carbonyl (C=O) groups is 4. The van der Waals surface area contributed by atoms with Crippen LogP contribution in [-0.4, -0.2) is 90.0 Å². The average Bonchev–Trinajstić information content (AvgIpc) is 3.97. The number of fused-ring (bicyclic) bond motifs is 2. The van der Waals surface area contributed by atoms with Gasteiger partial charge in [0.25, 0.3) is 11.8 Å². The molecule has 3 amide bonds. The quantitative estimate of drug-likeness (QED) is 0.0549. The monoisotopic (exact) mass is 858 g/mol. The standard InChI is InChI=1S/C38H42BrN11O6.CH5N/c1-6-49-29(15-22(3)45-49)35(53)43-37-41-27-18-24(21-51)17-26(39)32(27)47(37)11-8-9-12-48-33-28(19-25(34(40)52)20-31(33)56-14-10-13-55-5)42-38(48)44-36(54)30-16-23(4)46-50(30)7-2;1-2/h8-9,15-21H,6-7,10-14H2,1-5H3,(H2,40,52)(H,41,43,53)(H,42,44,54);2H2,1H3/b9-8+;. The van der Waals surface area contributed by atoms with E-state index in [1.807, 2.05) is 44.4 Å². The highest BCUT2D eigenvalue weighted by Crippen LogP contribution is 2.32. The van der Waals surface area contributed by atoms with Crippen molar-refractivity contribution in [2.24, 2.45) is 11.5 Å². The third-order valence-corrected chi connectivity index (χ3v) is 9.46. The number of carbonyl (C=O) groups excluding carboxylic acids is 4. The number of anilines is 2. The van der Waals surface area contributed by atoms with Gasteiger partial charge in [0.05, 0.1) is 34.5 Å². The van der Waals surface area contributed by atoms with Crippen LogP contribution in [0.15, 0.2) is 53.0 Å². The van der Waals surface area contributed by atoms with Gasteiger partial charge in [-0.05, 0) is 87.1 Å². The van der Waals surface area contributed by atoms with Crippen molar-refractivity contribution in [1.29, 1.82) is 0 Å². The third-order valence-electron chi connectivity index (χ3n) is 8.86. The number of halogens is 1. The van der Waals surface area contributed by atoms with Crippen molar-refractivity contribution < 1.29 is 28.7 Å². The Morgan fingerprint density at radius 2 is 1.33 bits per heavy atom. The molecule has 4 aromatic heterocycles. The van der Waals surface area contributed by atoms with E-state index in [2.05, 4.69) is 42.5 Å². The van der Waals surface area contributed by atoms with E-state index in [1.165, 1.54) is 7.05 Å². The lowest BCUT2D eigenvalue weighted by Gasteiger charge is -2.13. The smallest absolute Gasteiger partial charge is 0.276 e. The number of hydrogen-bond acceptors (Lipinski definition) is 11. The molecule has 0 fully saturated rings. The number of aryl methyl sites for hydroxylation is 4. The van der Waals surface area contributed by atoms with Crippen LogP contribution in [0.4, 0.5) is 11.9 Å². The summed E-state index contributed by atoms with van der Waals surface area (Å²) in [4.78, 5) is 60.6. The number of amides is 3. The van der Waals surface area contributed by atoms with E-state index in [4.69, 9.17) is 25.2 Å². The van der Waals surface area contributed by atoms with E-state index in [-0.39, 0.29) is 37.2 Å². The number of aromatic nitrogens is 8. The molecule has 0 spiro atoms. The molecular weight excluding hydrogens is 812 g/mol. The van der Waals surface area contributed by atoms with Crippen LogP contribution in [0.25, 0.3) is 22.1 Å². The molecule has 6 N–H and O–H groups in total. The van der Waals surface area contributed by atoms with Gasteiger partial charge >= 0.3 is 0 Å². The number of nitrogens with one attached hydrogen (secondary N) is 2. The molecule has 0 saturated heterocycles. The summed E-state index contributed by atoms with van der Waals surface area (Å²) >= 11 is 3.59. The molecule has 2 aromatic carbocycles. The Morgan fingerprint density at radius 3 is 1.83 bits per heavy atom. The molecule has 6 rings (SSSR count). The van der Waals surface area contributed by atoms with Gasteiger partial charge in [-0.1, -0.05) is 12.2 Å². The number of nitrogens with zero attached hydrogens (tertiary/aromatic N) is 8. The van der Waals surface area contributed by atoms with Crippen LogP contribution in [0.2, 0.25) is 0 Å². The Labute approximate surface area is 342 Å². The summed E-state index contributed by atoms with van der Waals surface area (Å²) in [5.74, 6) is -0.660. The predicted molar refractivity (Wildman–Crippen MR) is 223 cm³/mol. The number of primary amides is 1. The highest BCUT2D eigenvalue weighted by molar-refractivity contribution is 9.10. The molecule has 4 heterocycles. The van der Waals surface area contributed by atoms with E-state index in [0.29, 0.717) is 86.7 Å². The SMILES string of the molecule is CCn1nc(C)cc1C(=O)Nc1nc2cc(C=O)cc(Br)c2n1C/C=C/Cn1c(NC(=O)c2cc(C)nn2CC)nc2cc(C(N)=O)cc(OCCCOC)c21.CN. The van der Waals surface area contributed by atoms with Gasteiger partial charge in [-0.3, -0.25) is 39.2 Å². The molecule has 0 atom stereocenters. The minimum absolute atomic E-state index is 0.194. The lowest BCUT2D eigenvalue weighted by atomic mass is 10.1. The molecule has 306 valence electrons. The summed E-state index contributed by atoms with van der Waals surface area (Å²) in [5.41, 5.74) is 15.0. The third kappa shape index (κ3) is 9.33. The average molecular weight is 860 g/mol. The Bertz CT molecular complexity index is 2500. The van der Waals surface area contributed by atoms with Crippen LogP contribution in [-0.2, 0) is 30.9 Å². The molecule has 18 nitrogen and oxygen atoms in total. The second-order valence-electron chi connectivity index (χ2n) is 12.8. The molecule has 0 aliphatic heterocycles. The van der Waals surface area contributed by atoms with Gasteiger partial charge in [-0.25, -0.2) is 9.97 Å². The van der Waals surface area contributed by atoms with Crippen LogP contribution in [0.1, 0.15) is 73.3 Å². The van der Waals surface area contributed by atoms with Crippen molar-refractivity contribution in [2.75, 3.05) is 38.0 Å². The van der Waals surface area contributed by atoms with Crippen LogP contribution >= 0.6 is 15.9 Å². The summed E-state index contributed by atoms with van der Waals surface area (Å²) in [5, 5.41) is 14.7. The first-order chi connectivity index (χ1) is 28.0. The Kier molecular flexibility index (Phi) is 14.3. The first-order valence-electron chi connectivity index (χ1n) is 18.5. The second-order valence-corrected chi connectivity index (χ2v) is 13.7. The number of ether oxygens (including phenoxy) is 2. The van der Waals surface area contributed by atoms with Gasteiger partial charge in [0.1, 0.15) is 28.9 Å². The molecule has 0 aliphatic rings. The molecule has 0 unspecified atom stereocenters. The van der Waals surface area contributed by atoms with Crippen molar-refractivity contribution in [3.63, 3.8) is 0 Å². The summed E-state index contributed by atoms with van der Waals surface area (Å²) in [6, 6.07) is 9.85. The van der Waals surface area contributed by atoms with Crippen LogP contribution in [0.3, 0.4) is 0 Å². The molecule has 0 aliphatic carbocycles. The summed E-state index contributed by atoms with van der Waals surface area (Å²) < 4.78 is 18.8. The van der Waals surface area contributed by atoms with E-state index in [0.717, 1.165) is 6.29 Å². The minimum Gasteiger partial charge on any atom is -0.491 e. The zero-order valence-corrected chi connectivity index (χ0v) is 34.8. The summed E-state index contributed by atoms with van der Waals surface area (Å²) in [6.07, 6.45) is 5.06. The second kappa shape index (κ2) is 19.3. The Balaban J connectivity index is 0.00000315. The Morgan fingerprint density at radius 1 is 0.793 bits per heavy atom. The van der Waals surface area contributed by atoms with Gasteiger partial charge < -0.3 is 30.1 Å². The summed E-state index contributed by atoms with van der Waals surface area (Å²) in [6.45, 7) is 9.58. The van der Waals surface area contributed by atoms with E-state index < -0.39 is 17.7 Å². The van der Waals surface area contributed by atoms with E-state index in [9.17, 15) is 19.2 Å². The fourth-order valence-electron chi connectivity index (χ4n) is 6.35. The highest BCUT2D eigenvalue weighted by atomic mass is 79.9. The molecule has 19 heteroatoms. The van der Waals surface area contributed by atoms with Gasteiger partial charge in [-0.15, -0.1) is 0 Å². The maximum atomic E-state index is 13.7. The van der Waals surface area contributed by atoms with Crippen LogP contribution in [0.5, 0.6) is 5.75 Å². The van der Waals surface area contributed by atoms with E-state index in [1.54, 1.807) is 57.4 Å². The molecule has 0 radical (unpaired) electrons. The maximum absolute atomic E-state index is 13.7. The number of methoxy groups -OCH3 is 1. The van der Waals surface area contributed by atoms with Gasteiger partial charge in [0.15, 0.2) is 0 Å². The molecular formula is C39H47BrN12O6. The number of allylic oxidation sites excluding steroid dienone is 2. The lowest BCUT2D eigenvalue weighted by molar-refractivity contribution is 0.0994. The minimum atomic E-state index is -0.660. The van der Waals surface area contributed by atoms with Crippen molar-refractivity contribution >= 4 is 73.9 Å². The fraction of sp³-hybridized carbons (Fsp3) is 0.333. The van der Waals surface area contributed by atoms with Crippen molar-refractivity contribution in [3.05, 3.63) is 86.9 Å². The molecule has 6 aromatic rings. The largest absolute Gasteiger partial charge is 0.491 e. The Hall–Kier alpha value is -6.18. The van der Waals surface area contributed by atoms with Crippen LogP contribution in [0, 0.1) is 13.8 Å². The fourth-order valence-corrected chi connectivity index (χ4v) is 7.03. The van der Waals surface area contributed by atoms with Gasteiger partial charge in [-0.2, -0.15) is 10.2 Å². The molecule has 0 bridgehead atoms. The number of imidazole rings is 2. The van der Waals surface area contributed by atoms with Crippen molar-refractivity contribution in [2.45, 2.75) is 60.3 Å². The number of aldehydes is 1. The highest BCUT2D eigenvalue weighted by Gasteiger charge is 2.23.